The van der Waals surface area contributed by atoms with Gasteiger partial charge in [0.2, 0.25) is 0 Å². The van der Waals surface area contributed by atoms with Crippen LogP contribution in [-0.4, -0.2) is 64.1 Å². The molecule has 2 saturated heterocycles. The van der Waals surface area contributed by atoms with Gasteiger partial charge in [0.1, 0.15) is 18.3 Å². The first-order chi connectivity index (χ1) is 17.6. The highest BCUT2D eigenvalue weighted by molar-refractivity contribution is 5.85. The first-order valence-corrected chi connectivity index (χ1v) is 12.2. The molecule has 0 radical (unpaired) electrons. The lowest BCUT2D eigenvalue weighted by atomic mass is 10.0. The minimum Gasteiger partial charge on any atom is -0.388 e. The number of ether oxygens (including phenoxy) is 3. The number of aliphatic hydroxyl groups excluding tert-OH is 2. The largest absolute Gasteiger partial charge is 0.388 e. The van der Waals surface area contributed by atoms with Crippen LogP contribution in [0.15, 0.2) is 91.0 Å². The van der Waals surface area contributed by atoms with Crippen molar-refractivity contribution < 1.29 is 29.2 Å². The Balaban J connectivity index is 1.39. The molecule has 7 nitrogen and oxygen atoms in total. The quantitative estimate of drug-likeness (QED) is 0.455. The van der Waals surface area contributed by atoms with Crippen LogP contribution >= 0.6 is 0 Å². The van der Waals surface area contributed by atoms with Crippen LogP contribution in [-0.2, 0) is 38.8 Å². The van der Waals surface area contributed by atoms with Gasteiger partial charge in [-0.1, -0.05) is 91.0 Å². The summed E-state index contributed by atoms with van der Waals surface area (Å²) in [4.78, 5) is 14.5. The molecule has 0 aromatic heterocycles. The number of benzene rings is 3. The van der Waals surface area contributed by atoms with Gasteiger partial charge in [-0.15, -0.1) is 0 Å². The second kappa shape index (κ2) is 11.3. The molecule has 5 rings (SSSR count). The number of carbonyl (C=O) groups excluding carboxylic acids is 1. The number of hydrogen-bond donors (Lipinski definition) is 2. The Hall–Kier alpha value is -3.07. The van der Waals surface area contributed by atoms with Crippen LogP contribution in [0.2, 0.25) is 0 Å². The Morgan fingerprint density at radius 2 is 1.14 bits per heavy atom. The van der Waals surface area contributed by atoms with Crippen LogP contribution in [0.5, 0.6) is 0 Å². The molecule has 36 heavy (non-hydrogen) atoms. The van der Waals surface area contributed by atoms with Crippen LogP contribution in [0, 0.1) is 0 Å². The van der Waals surface area contributed by atoms with Gasteiger partial charge in [-0.25, -0.2) is 0 Å². The lowest BCUT2D eigenvalue weighted by Gasteiger charge is -2.28. The molecule has 0 bridgehead atoms. The number of hydrogen-bond acceptors (Lipinski definition) is 6. The van der Waals surface area contributed by atoms with E-state index in [4.69, 9.17) is 14.2 Å². The fourth-order valence-corrected chi connectivity index (χ4v) is 5.09. The zero-order valence-corrected chi connectivity index (χ0v) is 19.9. The average molecular weight is 490 g/mol. The molecule has 3 aromatic rings. The van der Waals surface area contributed by atoms with Crippen molar-refractivity contribution in [1.82, 2.24) is 4.90 Å². The third kappa shape index (κ3) is 5.21. The number of amides is 1. The highest BCUT2D eigenvalue weighted by atomic mass is 16.6. The van der Waals surface area contributed by atoms with E-state index in [1.165, 1.54) is 4.90 Å². The second-order valence-electron chi connectivity index (χ2n) is 9.26. The molecule has 2 heterocycles. The van der Waals surface area contributed by atoms with E-state index >= 15 is 0 Å². The van der Waals surface area contributed by atoms with Crippen LogP contribution < -0.4 is 0 Å². The van der Waals surface area contributed by atoms with Gasteiger partial charge in [0.15, 0.2) is 6.10 Å². The molecule has 3 aromatic carbocycles. The predicted octanol–water partition coefficient (Wildman–Crippen LogP) is 2.69. The Bertz CT molecular complexity index is 1110. The van der Waals surface area contributed by atoms with Crippen molar-refractivity contribution >= 4 is 5.91 Å². The first-order valence-electron chi connectivity index (χ1n) is 12.2. The van der Waals surface area contributed by atoms with Crippen LogP contribution in [0.3, 0.4) is 0 Å². The van der Waals surface area contributed by atoms with Gasteiger partial charge in [0.25, 0.3) is 5.91 Å². The summed E-state index contributed by atoms with van der Waals surface area (Å²) in [6.07, 6.45) is -3.97. The molecule has 2 aliphatic rings. The van der Waals surface area contributed by atoms with Crippen LogP contribution in [0.1, 0.15) is 16.7 Å². The lowest BCUT2D eigenvalue weighted by molar-refractivity contribution is -0.141. The fourth-order valence-electron chi connectivity index (χ4n) is 5.09. The molecule has 0 unspecified atom stereocenters. The van der Waals surface area contributed by atoms with Crippen molar-refractivity contribution in [2.75, 3.05) is 6.61 Å². The number of fused-ring (bicyclic) bond motifs is 1. The number of nitrogens with zero attached hydrogens (tertiary/aromatic N) is 1. The summed E-state index contributed by atoms with van der Waals surface area (Å²) < 4.78 is 18.7. The van der Waals surface area contributed by atoms with Gasteiger partial charge >= 0.3 is 0 Å². The van der Waals surface area contributed by atoms with E-state index in [0.717, 1.165) is 16.7 Å². The Morgan fingerprint density at radius 1 is 0.667 bits per heavy atom. The van der Waals surface area contributed by atoms with Crippen LogP contribution in [0.4, 0.5) is 0 Å². The maximum atomic E-state index is 13.0. The molecule has 0 aliphatic carbocycles. The summed E-state index contributed by atoms with van der Waals surface area (Å²) >= 11 is 0. The molecule has 0 saturated carbocycles. The fraction of sp³-hybridized carbons (Fsp3) is 0.345. The van der Waals surface area contributed by atoms with Crippen molar-refractivity contribution in [3.05, 3.63) is 108 Å². The maximum Gasteiger partial charge on any atom is 0.255 e. The van der Waals surface area contributed by atoms with E-state index in [1.807, 2.05) is 91.0 Å². The van der Waals surface area contributed by atoms with Gasteiger partial charge in [-0.3, -0.25) is 4.79 Å². The van der Waals surface area contributed by atoms with E-state index in [2.05, 4.69) is 0 Å². The molecule has 2 N–H and O–H groups in total. The number of carbonyl (C=O) groups is 1. The molecular formula is C29H31NO6. The molecule has 6 atom stereocenters. The molecular weight excluding hydrogens is 458 g/mol. The minimum atomic E-state index is -1.50. The number of aliphatic hydroxyl groups is 2. The van der Waals surface area contributed by atoms with E-state index in [0.29, 0.717) is 13.2 Å². The summed E-state index contributed by atoms with van der Waals surface area (Å²) in [5, 5.41) is 21.3. The van der Waals surface area contributed by atoms with Gasteiger partial charge < -0.3 is 29.3 Å². The topological polar surface area (TPSA) is 88.5 Å². The summed E-state index contributed by atoms with van der Waals surface area (Å²) in [5.41, 5.74) is 2.97. The maximum absolute atomic E-state index is 13.0. The van der Waals surface area contributed by atoms with Crippen molar-refractivity contribution in [1.29, 1.82) is 0 Å². The van der Waals surface area contributed by atoms with Crippen molar-refractivity contribution in [2.24, 2.45) is 0 Å². The van der Waals surface area contributed by atoms with Gasteiger partial charge in [-0.05, 0) is 16.7 Å². The zero-order chi connectivity index (χ0) is 24.9. The minimum absolute atomic E-state index is 0.182. The first kappa shape index (κ1) is 24.6. The Kier molecular flexibility index (Phi) is 7.75. The highest BCUT2D eigenvalue weighted by Gasteiger charge is 2.62. The van der Waals surface area contributed by atoms with Crippen molar-refractivity contribution in [3.8, 4) is 0 Å². The molecule has 7 heteroatoms. The van der Waals surface area contributed by atoms with E-state index < -0.39 is 42.4 Å². The molecule has 1 amide bonds. The zero-order valence-electron chi connectivity index (χ0n) is 19.9. The third-order valence-corrected chi connectivity index (χ3v) is 6.87. The Morgan fingerprint density at radius 3 is 1.67 bits per heavy atom. The van der Waals surface area contributed by atoms with Crippen molar-refractivity contribution in [3.63, 3.8) is 0 Å². The van der Waals surface area contributed by atoms with Gasteiger partial charge in [0.05, 0.1) is 38.5 Å². The summed E-state index contributed by atoms with van der Waals surface area (Å²) in [5.74, 6) is -0.528. The summed E-state index contributed by atoms with van der Waals surface area (Å²) in [6, 6.07) is 28.0. The van der Waals surface area contributed by atoms with Gasteiger partial charge in [0, 0.05) is 0 Å². The molecule has 2 fully saturated rings. The van der Waals surface area contributed by atoms with Crippen molar-refractivity contribution in [2.45, 2.75) is 56.3 Å². The number of rotatable bonds is 10. The van der Waals surface area contributed by atoms with Crippen LogP contribution in [0.25, 0.3) is 0 Å². The highest BCUT2D eigenvalue weighted by Crippen LogP contribution is 2.39. The third-order valence-electron chi connectivity index (χ3n) is 6.87. The van der Waals surface area contributed by atoms with E-state index in [9.17, 15) is 15.0 Å². The smallest absolute Gasteiger partial charge is 0.255 e. The monoisotopic (exact) mass is 489 g/mol. The summed E-state index contributed by atoms with van der Waals surface area (Å²) in [7, 11) is 0. The lowest BCUT2D eigenvalue weighted by Crippen LogP contribution is -2.46. The normalized spacial score (nSPS) is 27.4. The Labute approximate surface area is 210 Å². The van der Waals surface area contributed by atoms with E-state index in [1.54, 1.807) is 0 Å². The average Bonchev–Trinajstić information content (AvgIpc) is 3.35. The second-order valence-corrected chi connectivity index (χ2v) is 9.26. The molecule has 2 aliphatic heterocycles. The summed E-state index contributed by atoms with van der Waals surface area (Å²) in [6.45, 7) is 1.16. The standard InChI is InChI=1S/C29H31NO6/c31-25-24-28(36-18-22-14-8-3-9-15-22)27(35-17-21-12-6-2-7-13-21)23(30(24)29(33)26(25)32)19-34-16-20-10-4-1-5-11-20/h1-15,23-28,31-32H,16-19H2/t23-,24-,25+,26+,27-,28-/m1/s1. The SMILES string of the molecule is O=C1[C@@H](O)[C@@H](O)[C@@H]2[C@@H](OCc3ccccc3)[C@H](OCc3ccccc3)[C@@H](COCc3ccccc3)N12. The molecule has 188 valence electrons. The van der Waals surface area contributed by atoms with Gasteiger partial charge in [-0.2, -0.15) is 0 Å². The van der Waals surface area contributed by atoms with E-state index in [-0.39, 0.29) is 13.2 Å². The molecule has 0 spiro atoms. The predicted molar refractivity (Wildman–Crippen MR) is 133 cm³/mol.